The van der Waals surface area contributed by atoms with Crippen molar-refractivity contribution in [2.45, 2.75) is 31.9 Å². The Morgan fingerprint density at radius 2 is 1.97 bits per heavy atom. The largest absolute Gasteiger partial charge is 0.470 e. The Kier molecular flexibility index (Phi) is 7.04. The minimum Gasteiger partial charge on any atom is -0.470 e. The average molecular weight is 432 g/mol. The molecule has 2 atom stereocenters. The van der Waals surface area contributed by atoms with Gasteiger partial charge >= 0.3 is 0 Å². The summed E-state index contributed by atoms with van der Waals surface area (Å²) in [5, 5.41) is 5.35. The molecule has 1 aliphatic heterocycles. The molecule has 30 heavy (non-hydrogen) atoms. The standard InChI is InChI=1S/C21H25N3O5S/c1-15(16-5-3-2-4-6-16)29-20-8-7-17(13-23-20)21(26)22-11-9-19(25)24-18-10-12-30(27,28)14-18/h2-8,13,15,18H,9-12,14H2,1H3,(H,22,26)(H,24,25)/t15-,18+/m0/s1. The van der Waals surface area contributed by atoms with Gasteiger partial charge in [0.15, 0.2) is 9.84 Å². The number of carbonyl (C=O) groups excluding carboxylic acids is 2. The predicted molar refractivity (Wildman–Crippen MR) is 112 cm³/mol. The fourth-order valence-corrected chi connectivity index (χ4v) is 4.83. The first-order valence-electron chi connectivity index (χ1n) is 9.78. The second-order valence-corrected chi connectivity index (χ2v) is 9.46. The van der Waals surface area contributed by atoms with E-state index in [1.165, 1.54) is 6.20 Å². The van der Waals surface area contributed by atoms with E-state index in [1.807, 2.05) is 37.3 Å². The third-order valence-corrected chi connectivity index (χ3v) is 6.57. The first-order chi connectivity index (χ1) is 14.3. The number of hydrogen-bond donors (Lipinski definition) is 2. The highest BCUT2D eigenvalue weighted by molar-refractivity contribution is 7.91. The Morgan fingerprint density at radius 3 is 2.60 bits per heavy atom. The zero-order valence-electron chi connectivity index (χ0n) is 16.7. The van der Waals surface area contributed by atoms with Crippen molar-refractivity contribution in [1.82, 2.24) is 15.6 Å². The van der Waals surface area contributed by atoms with Crippen LogP contribution in [0.25, 0.3) is 0 Å². The molecule has 0 spiro atoms. The SMILES string of the molecule is C[C@H](Oc1ccc(C(=O)NCCC(=O)N[C@@H]2CCS(=O)(=O)C2)cn1)c1ccccc1. The molecule has 1 aromatic carbocycles. The van der Waals surface area contributed by atoms with Gasteiger partial charge in [0.2, 0.25) is 11.8 Å². The second kappa shape index (κ2) is 9.71. The summed E-state index contributed by atoms with van der Waals surface area (Å²) < 4.78 is 28.6. The molecule has 8 nitrogen and oxygen atoms in total. The van der Waals surface area contributed by atoms with Crippen LogP contribution < -0.4 is 15.4 Å². The number of hydrogen-bond acceptors (Lipinski definition) is 6. The minimum atomic E-state index is -3.04. The van der Waals surface area contributed by atoms with Crippen LogP contribution in [-0.4, -0.2) is 49.3 Å². The number of amides is 2. The van der Waals surface area contributed by atoms with Crippen LogP contribution in [0.2, 0.25) is 0 Å². The van der Waals surface area contributed by atoms with Crippen LogP contribution in [0, 0.1) is 0 Å². The van der Waals surface area contributed by atoms with E-state index < -0.39 is 9.84 Å². The topological polar surface area (TPSA) is 114 Å². The lowest BCUT2D eigenvalue weighted by molar-refractivity contribution is -0.121. The fraction of sp³-hybridized carbons (Fsp3) is 0.381. The van der Waals surface area contributed by atoms with Crippen molar-refractivity contribution in [3.05, 3.63) is 59.8 Å². The number of rotatable bonds is 8. The predicted octanol–water partition coefficient (Wildman–Crippen LogP) is 1.64. The highest BCUT2D eigenvalue weighted by Crippen LogP contribution is 2.19. The number of nitrogens with zero attached hydrogens (tertiary/aromatic N) is 1. The number of ether oxygens (including phenoxy) is 1. The molecule has 0 radical (unpaired) electrons. The maximum atomic E-state index is 12.2. The highest BCUT2D eigenvalue weighted by atomic mass is 32.2. The van der Waals surface area contributed by atoms with Crippen LogP contribution in [0.3, 0.4) is 0 Å². The Labute approximate surface area is 176 Å². The monoisotopic (exact) mass is 431 g/mol. The van der Waals surface area contributed by atoms with Crippen LogP contribution in [0.4, 0.5) is 0 Å². The molecule has 0 aliphatic carbocycles. The average Bonchev–Trinajstić information content (AvgIpc) is 3.07. The highest BCUT2D eigenvalue weighted by Gasteiger charge is 2.28. The summed E-state index contributed by atoms with van der Waals surface area (Å²) >= 11 is 0. The Morgan fingerprint density at radius 1 is 1.20 bits per heavy atom. The normalized spacial score (nSPS) is 18.4. The molecule has 9 heteroatoms. The lowest BCUT2D eigenvalue weighted by Crippen LogP contribution is -2.37. The second-order valence-electron chi connectivity index (χ2n) is 7.23. The van der Waals surface area contributed by atoms with Gasteiger partial charge in [-0.3, -0.25) is 9.59 Å². The molecule has 0 saturated carbocycles. The summed E-state index contributed by atoms with van der Waals surface area (Å²) in [6, 6.07) is 12.6. The van der Waals surface area contributed by atoms with Gasteiger partial charge in [-0.05, 0) is 25.0 Å². The van der Waals surface area contributed by atoms with E-state index in [0.29, 0.717) is 17.9 Å². The van der Waals surface area contributed by atoms with Crippen LogP contribution >= 0.6 is 0 Å². The van der Waals surface area contributed by atoms with Gasteiger partial charge in [-0.2, -0.15) is 0 Å². The van der Waals surface area contributed by atoms with E-state index in [9.17, 15) is 18.0 Å². The van der Waals surface area contributed by atoms with Crippen LogP contribution in [-0.2, 0) is 14.6 Å². The van der Waals surface area contributed by atoms with Gasteiger partial charge in [-0.15, -0.1) is 0 Å². The van der Waals surface area contributed by atoms with Crippen LogP contribution in [0.5, 0.6) is 5.88 Å². The molecular weight excluding hydrogens is 406 g/mol. The molecule has 2 heterocycles. The number of nitrogens with one attached hydrogen (secondary N) is 2. The number of pyridine rings is 1. The van der Waals surface area contributed by atoms with E-state index in [2.05, 4.69) is 15.6 Å². The summed E-state index contributed by atoms with van der Waals surface area (Å²) in [4.78, 5) is 28.3. The van der Waals surface area contributed by atoms with Crippen molar-refractivity contribution in [2.75, 3.05) is 18.1 Å². The summed E-state index contributed by atoms with van der Waals surface area (Å²) in [5.41, 5.74) is 1.38. The molecule has 1 fully saturated rings. The quantitative estimate of drug-likeness (QED) is 0.657. The molecule has 1 aromatic heterocycles. The molecule has 3 rings (SSSR count). The zero-order chi connectivity index (χ0) is 21.6. The van der Waals surface area contributed by atoms with Crippen LogP contribution in [0.1, 0.15) is 41.8 Å². The van der Waals surface area contributed by atoms with E-state index in [0.717, 1.165) is 5.56 Å². The molecule has 2 amide bonds. The number of aromatic nitrogens is 1. The zero-order valence-corrected chi connectivity index (χ0v) is 17.5. The van der Waals surface area contributed by atoms with Gasteiger partial charge < -0.3 is 15.4 Å². The number of sulfone groups is 1. The summed E-state index contributed by atoms with van der Waals surface area (Å²) in [5.74, 6) is -0.135. The summed E-state index contributed by atoms with van der Waals surface area (Å²) in [6.07, 6.45) is 1.76. The third-order valence-electron chi connectivity index (χ3n) is 4.80. The fourth-order valence-electron chi connectivity index (χ4n) is 3.16. The smallest absolute Gasteiger partial charge is 0.252 e. The molecule has 0 bridgehead atoms. The summed E-state index contributed by atoms with van der Waals surface area (Å²) in [7, 11) is -3.04. The molecule has 160 valence electrons. The van der Waals surface area contributed by atoms with Gasteiger partial charge in [0, 0.05) is 31.3 Å². The molecule has 1 aliphatic rings. The van der Waals surface area contributed by atoms with Crippen molar-refractivity contribution in [2.24, 2.45) is 0 Å². The lowest BCUT2D eigenvalue weighted by atomic mass is 10.1. The Balaban J connectivity index is 1.42. The van der Waals surface area contributed by atoms with E-state index in [1.54, 1.807) is 12.1 Å². The van der Waals surface area contributed by atoms with E-state index in [4.69, 9.17) is 4.74 Å². The molecular formula is C21H25N3O5S. The summed E-state index contributed by atoms with van der Waals surface area (Å²) in [6.45, 7) is 2.07. The van der Waals surface area contributed by atoms with Gasteiger partial charge in [-0.25, -0.2) is 13.4 Å². The van der Waals surface area contributed by atoms with Gasteiger partial charge in [0.1, 0.15) is 6.10 Å². The number of benzene rings is 1. The Hall–Kier alpha value is -2.94. The number of carbonyl (C=O) groups is 2. The van der Waals surface area contributed by atoms with Gasteiger partial charge in [-0.1, -0.05) is 30.3 Å². The van der Waals surface area contributed by atoms with Crippen LogP contribution in [0.15, 0.2) is 48.7 Å². The molecule has 1 saturated heterocycles. The van der Waals surface area contributed by atoms with Gasteiger partial charge in [0.25, 0.3) is 5.91 Å². The van der Waals surface area contributed by atoms with E-state index in [-0.39, 0.29) is 48.4 Å². The first-order valence-corrected chi connectivity index (χ1v) is 11.6. The minimum absolute atomic E-state index is 0.0198. The Bertz CT molecular complexity index is 977. The van der Waals surface area contributed by atoms with Crippen molar-refractivity contribution in [3.63, 3.8) is 0 Å². The van der Waals surface area contributed by atoms with E-state index >= 15 is 0 Å². The first kappa shape index (κ1) is 21.8. The maximum absolute atomic E-state index is 12.2. The molecule has 2 N–H and O–H groups in total. The third kappa shape index (κ3) is 6.28. The van der Waals surface area contributed by atoms with Crippen molar-refractivity contribution in [3.8, 4) is 5.88 Å². The van der Waals surface area contributed by atoms with Gasteiger partial charge in [0.05, 0.1) is 17.1 Å². The van der Waals surface area contributed by atoms with Crippen molar-refractivity contribution < 1.29 is 22.7 Å². The molecule has 0 unspecified atom stereocenters. The lowest BCUT2D eigenvalue weighted by Gasteiger charge is -2.14. The maximum Gasteiger partial charge on any atom is 0.252 e. The molecule has 2 aromatic rings. The van der Waals surface area contributed by atoms with Crippen molar-refractivity contribution in [1.29, 1.82) is 0 Å². The van der Waals surface area contributed by atoms with Crippen molar-refractivity contribution >= 4 is 21.7 Å².